The van der Waals surface area contributed by atoms with Gasteiger partial charge in [-0.15, -0.1) is 0 Å². The number of imidazole rings is 1. The van der Waals surface area contributed by atoms with Crippen molar-refractivity contribution in [3.05, 3.63) is 77.3 Å². The van der Waals surface area contributed by atoms with Gasteiger partial charge in [0.15, 0.2) is 23.2 Å². The molecule has 252 valence electrons. The van der Waals surface area contributed by atoms with Gasteiger partial charge in [0.2, 0.25) is 0 Å². The molecule has 0 spiro atoms. The standard InChI is InChI=1S/C31H36ClF3N8O4/c1-18(2)42(12-4-11-36-30(46)41-22-9-7-20(8-10-22)31(33,34)35)15-23-25(44)26(45)29(47-23)43-17-40-24-27(38-16-39-28(24)43)37-14-19-5-3-6-21(32)13-19/h3,5-10,13,16-18,23,25-26,29,44-45H,4,11-12,14-15H2,1-2H3,(H2,36,41,46)(H,37,38,39)/t23-,25-,26-,29-/m1/s1. The minimum Gasteiger partial charge on any atom is -0.387 e. The van der Waals surface area contributed by atoms with E-state index in [1.165, 1.54) is 24.8 Å². The summed E-state index contributed by atoms with van der Waals surface area (Å²) >= 11 is 6.09. The number of aromatic nitrogens is 4. The number of aliphatic hydroxyl groups excluding tert-OH is 2. The normalized spacial score (nSPS) is 19.9. The van der Waals surface area contributed by atoms with Crippen molar-refractivity contribution in [3.63, 3.8) is 0 Å². The van der Waals surface area contributed by atoms with Gasteiger partial charge in [0, 0.05) is 42.9 Å². The van der Waals surface area contributed by atoms with Crippen molar-refractivity contribution in [3.8, 4) is 0 Å². The minimum absolute atomic E-state index is 0.0536. The monoisotopic (exact) mass is 676 g/mol. The van der Waals surface area contributed by atoms with Gasteiger partial charge in [-0.1, -0.05) is 23.7 Å². The van der Waals surface area contributed by atoms with Crippen molar-refractivity contribution in [2.75, 3.05) is 30.3 Å². The van der Waals surface area contributed by atoms with E-state index in [0.29, 0.717) is 54.6 Å². The SMILES string of the molecule is CC(C)N(CCCNC(=O)Nc1ccc(C(F)(F)F)cc1)C[C@H]1O[C@@H](n2cnc3c(NCc4cccc(Cl)c4)ncnc32)[C@H](O)[C@@H]1O. The maximum absolute atomic E-state index is 12.8. The summed E-state index contributed by atoms with van der Waals surface area (Å²) in [5.41, 5.74) is 1.29. The third-order valence-corrected chi connectivity index (χ3v) is 8.08. The molecule has 47 heavy (non-hydrogen) atoms. The van der Waals surface area contributed by atoms with Crippen molar-refractivity contribution in [2.24, 2.45) is 0 Å². The van der Waals surface area contributed by atoms with Crippen molar-refractivity contribution >= 4 is 40.3 Å². The Hall–Kier alpha value is -4.02. The van der Waals surface area contributed by atoms with Crippen LogP contribution in [0.1, 0.15) is 37.6 Å². The molecule has 5 N–H and O–H groups in total. The zero-order valence-electron chi connectivity index (χ0n) is 25.7. The molecule has 0 saturated carbocycles. The van der Waals surface area contributed by atoms with Gasteiger partial charge in [-0.05, 0) is 62.2 Å². The second kappa shape index (κ2) is 14.8. The Bertz CT molecular complexity index is 1660. The molecular formula is C31H36ClF3N8O4. The molecule has 1 fully saturated rings. The van der Waals surface area contributed by atoms with Gasteiger partial charge in [-0.25, -0.2) is 19.7 Å². The fourth-order valence-electron chi connectivity index (χ4n) is 5.30. The van der Waals surface area contributed by atoms with E-state index in [-0.39, 0.29) is 11.7 Å². The Morgan fingerprint density at radius 1 is 1.11 bits per heavy atom. The number of fused-ring (bicyclic) bond motifs is 1. The van der Waals surface area contributed by atoms with E-state index < -0.39 is 42.3 Å². The quantitative estimate of drug-likeness (QED) is 0.135. The molecule has 2 amide bonds. The summed E-state index contributed by atoms with van der Waals surface area (Å²) in [6.07, 6.45) is -5.14. The maximum atomic E-state index is 12.8. The fourth-order valence-corrected chi connectivity index (χ4v) is 5.52. The lowest BCUT2D eigenvalue weighted by Gasteiger charge is -2.30. The molecular weight excluding hydrogens is 641 g/mol. The first kappa shape index (κ1) is 34.3. The molecule has 0 radical (unpaired) electrons. The largest absolute Gasteiger partial charge is 0.416 e. The van der Waals surface area contributed by atoms with E-state index in [4.69, 9.17) is 16.3 Å². The molecule has 0 unspecified atom stereocenters. The van der Waals surface area contributed by atoms with Crippen LogP contribution in [-0.2, 0) is 17.5 Å². The number of aliphatic hydroxyl groups is 2. The number of rotatable bonds is 12. The van der Waals surface area contributed by atoms with Crippen molar-refractivity contribution in [1.29, 1.82) is 0 Å². The summed E-state index contributed by atoms with van der Waals surface area (Å²) in [6.45, 7) is 5.56. The zero-order chi connectivity index (χ0) is 33.7. The molecule has 2 aromatic carbocycles. The molecule has 4 atom stereocenters. The third-order valence-electron chi connectivity index (χ3n) is 7.84. The van der Waals surface area contributed by atoms with Crippen LogP contribution in [0.4, 0.5) is 29.5 Å². The number of ether oxygens (including phenoxy) is 1. The highest BCUT2D eigenvalue weighted by atomic mass is 35.5. The molecule has 1 saturated heterocycles. The number of anilines is 2. The molecule has 12 nitrogen and oxygen atoms in total. The van der Waals surface area contributed by atoms with Crippen LogP contribution in [0.15, 0.2) is 61.2 Å². The second-order valence-corrected chi connectivity index (χ2v) is 11.9. The molecule has 2 aromatic heterocycles. The molecule has 1 aliphatic heterocycles. The number of alkyl halides is 3. The molecule has 3 heterocycles. The fraction of sp³-hybridized carbons (Fsp3) is 0.419. The van der Waals surface area contributed by atoms with Crippen molar-refractivity contribution < 1.29 is 32.9 Å². The van der Waals surface area contributed by atoms with E-state index in [2.05, 4.69) is 35.8 Å². The number of nitrogens with zero attached hydrogens (tertiary/aromatic N) is 5. The lowest BCUT2D eigenvalue weighted by atomic mass is 10.1. The Kier molecular flexibility index (Phi) is 10.8. The Labute approximate surface area is 273 Å². The number of benzene rings is 2. The summed E-state index contributed by atoms with van der Waals surface area (Å²) < 4.78 is 46.0. The maximum Gasteiger partial charge on any atom is 0.416 e. The number of halogens is 4. The van der Waals surface area contributed by atoms with E-state index in [9.17, 15) is 28.2 Å². The number of urea groups is 1. The topological polar surface area (TPSA) is 150 Å². The average molecular weight is 677 g/mol. The Morgan fingerprint density at radius 2 is 1.87 bits per heavy atom. The lowest BCUT2D eigenvalue weighted by Crippen LogP contribution is -2.44. The summed E-state index contributed by atoms with van der Waals surface area (Å²) in [5.74, 6) is 0.492. The first-order chi connectivity index (χ1) is 22.4. The van der Waals surface area contributed by atoms with Crippen LogP contribution in [0.3, 0.4) is 0 Å². The third kappa shape index (κ3) is 8.48. The molecule has 0 bridgehead atoms. The molecule has 1 aliphatic rings. The predicted molar refractivity (Wildman–Crippen MR) is 170 cm³/mol. The van der Waals surface area contributed by atoms with E-state index >= 15 is 0 Å². The average Bonchev–Trinajstić information content (AvgIpc) is 3.58. The molecule has 5 rings (SSSR count). The van der Waals surface area contributed by atoms with Crippen LogP contribution in [-0.4, -0.2) is 84.7 Å². The lowest BCUT2D eigenvalue weighted by molar-refractivity contribution is -0.137. The smallest absolute Gasteiger partial charge is 0.387 e. The Balaban J connectivity index is 1.14. The highest BCUT2D eigenvalue weighted by Crippen LogP contribution is 2.33. The van der Waals surface area contributed by atoms with Gasteiger partial charge in [-0.2, -0.15) is 13.2 Å². The Morgan fingerprint density at radius 3 is 2.57 bits per heavy atom. The first-order valence-corrected chi connectivity index (χ1v) is 15.4. The van der Waals surface area contributed by atoms with Crippen molar-refractivity contribution in [1.82, 2.24) is 29.7 Å². The highest BCUT2D eigenvalue weighted by Gasteiger charge is 2.45. The van der Waals surface area contributed by atoms with Gasteiger partial charge in [0.1, 0.15) is 24.6 Å². The number of carbonyl (C=O) groups excluding carboxylic acids is 1. The zero-order valence-corrected chi connectivity index (χ0v) is 26.4. The van der Waals surface area contributed by atoms with Gasteiger partial charge in [-0.3, -0.25) is 9.47 Å². The van der Waals surface area contributed by atoms with Crippen LogP contribution in [0.25, 0.3) is 11.2 Å². The van der Waals surface area contributed by atoms with Gasteiger partial charge >= 0.3 is 12.2 Å². The molecule has 16 heteroatoms. The summed E-state index contributed by atoms with van der Waals surface area (Å²) in [6, 6.07) is 11.1. The van der Waals surface area contributed by atoms with E-state index in [1.54, 1.807) is 10.6 Å². The first-order valence-electron chi connectivity index (χ1n) is 15.0. The van der Waals surface area contributed by atoms with Crippen LogP contribution in [0.2, 0.25) is 5.02 Å². The molecule has 4 aromatic rings. The number of hydrogen-bond donors (Lipinski definition) is 5. The number of nitrogens with one attached hydrogen (secondary N) is 3. The van der Waals surface area contributed by atoms with Crippen LogP contribution in [0, 0.1) is 0 Å². The number of amides is 2. The van der Waals surface area contributed by atoms with Crippen LogP contribution < -0.4 is 16.0 Å². The minimum atomic E-state index is -4.45. The van der Waals surface area contributed by atoms with Crippen molar-refractivity contribution in [2.45, 2.75) is 63.6 Å². The van der Waals surface area contributed by atoms with Gasteiger partial charge in [0.05, 0.1) is 11.9 Å². The summed E-state index contributed by atoms with van der Waals surface area (Å²) in [5, 5.41) is 31.0. The van der Waals surface area contributed by atoms with E-state index in [1.807, 2.05) is 32.0 Å². The second-order valence-electron chi connectivity index (χ2n) is 11.5. The predicted octanol–water partition coefficient (Wildman–Crippen LogP) is 4.65. The van der Waals surface area contributed by atoms with Gasteiger partial charge < -0.3 is 30.9 Å². The van der Waals surface area contributed by atoms with Crippen LogP contribution in [0.5, 0.6) is 0 Å². The number of hydrogen-bond acceptors (Lipinski definition) is 9. The van der Waals surface area contributed by atoms with E-state index in [0.717, 1.165) is 17.7 Å². The summed E-state index contributed by atoms with van der Waals surface area (Å²) in [7, 11) is 0. The highest BCUT2D eigenvalue weighted by molar-refractivity contribution is 6.30. The summed E-state index contributed by atoms with van der Waals surface area (Å²) in [4.78, 5) is 27.4. The van der Waals surface area contributed by atoms with Crippen LogP contribution >= 0.6 is 11.6 Å². The number of carbonyl (C=O) groups is 1. The molecule has 0 aliphatic carbocycles. The van der Waals surface area contributed by atoms with Gasteiger partial charge in [0.25, 0.3) is 0 Å².